The van der Waals surface area contributed by atoms with Crippen LogP contribution in [0, 0.1) is 25.7 Å². The minimum atomic E-state index is -1.44. The lowest BCUT2D eigenvalue weighted by Gasteiger charge is -2.26. The van der Waals surface area contributed by atoms with Gasteiger partial charge in [0, 0.05) is 57.3 Å². The van der Waals surface area contributed by atoms with Crippen LogP contribution in [0.5, 0.6) is 0 Å². The van der Waals surface area contributed by atoms with E-state index in [-0.39, 0.29) is 29.9 Å². The number of aliphatic imine (C=N–C) groups is 1. The molecule has 0 saturated carbocycles. The van der Waals surface area contributed by atoms with Crippen molar-refractivity contribution in [3.8, 4) is 0 Å². The minimum Gasteiger partial charge on any atom is -0.481 e. The van der Waals surface area contributed by atoms with Gasteiger partial charge in [0.1, 0.15) is 23.3 Å². The van der Waals surface area contributed by atoms with E-state index in [1.165, 1.54) is 0 Å². The summed E-state index contributed by atoms with van der Waals surface area (Å²) in [5, 5.41) is 28.5. The highest BCUT2D eigenvalue weighted by atomic mass is 16.6. The Balaban J connectivity index is 1.77. The fourth-order valence-electron chi connectivity index (χ4n) is 8.19. The van der Waals surface area contributed by atoms with Crippen LogP contribution in [0.3, 0.4) is 0 Å². The molecule has 1 amide bonds. The number of nitrogens with one attached hydrogen (secondary N) is 4. The molecule has 5 rings (SSSR count). The average Bonchev–Trinajstić information content (AvgIpc) is 3.80. The van der Waals surface area contributed by atoms with Crippen molar-refractivity contribution < 1.29 is 43.7 Å². The third-order valence-corrected chi connectivity index (χ3v) is 11.1. The van der Waals surface area contributed by atoms with Crippen LogP contribution in [0.25, 0.3) is 24.3 Å². The number of aromatic nitrogens is 2. The fourth-order valence-corrected chi connectivity index (χ4v) is 8.19. The molecule has 2 aromatic heterocycles. The van der Waals surface area contributed by atoms with Crippen molar-refractivity contribution in [2.75, 3.05) is 0 Å². The van der Waals surface area contributed by atoms with Gasteiger partial charge < -0.3 is 40.3 Å². The summed E-state index contributed by atoms with van der Waals surface area (Å²) in [5.74, 6) is -5.36. The summed E-state index contributed by atoms with van der Waals surface area (Å²) in [6.07, 6.45) is 7.26. The van der Waals surface area contributed by atoms with Crippen LogP contribution in [0.15, 0.2) is 39.7 Å². The molecule has 1 saturated heterocycles. The van der Waals surface area contributed by atoms with Gasteiger partial charge in [-0.2, -0.15) is 0 Å². The van der Waals surface area contributed by atoms with E-state index in [0.29, 0.717) is 29.1 Å². The van der Waals surface area contributed by atoms with E-state index in [9.17, 15) is 34.2 Å². The highest BCUT2D eigenvalue weighted by Gasteiger charge is 2.42. The summed E-state index contributed by atoms with van der Waals surface area (Å²) in [4.78, 5) is 78.4. The van der Waals surface area contributed by atoms with Crippen LogP contribution < -0.4 is 21.3 Å². The molecular weight excluding hydrogens is 767 g/mol. The molecule has 14 heteroatoms. The van der Waals surface area contributed by atoms with Crippen molar-refractivity contribution in [2.24, 2.45) is 16.8 Å². The normalized spacial score (nSPS) is 22.6. The monoisotopic (exact) mass is 825 g/mol. The molecule has 0 aliphatic carbocycles. The number of carboxylic acid groups (broad SMARTS) is 2. The summed E-state index contributed by atoms with van der Waals surface area (Å²) in [5.41, 5.74) is 5.89. The lowest BCUT2D eigenvalue weighted by molar-refractivity contribution is -0.165. The zero-order valence-corrected chi connectivity index (χ0v) is 36.6. The molecule has 4 atom stereocenters. The van der Waals surface area contributed by atoms with Crippen molar-refractivity contribution in [1.82, 2.24) is 20.6 Å². The van der Waals surface area contributed by atoms with Crippen molar-refractivity contribution in [3.63, 3.8) is 0 Å². The van der Waals surface area contributed by atoms with Crippen molar-refractivity contribution >= 4 is 59.8 Å². The van der Waals surface area contributed by atoms with E-state index in [0.717, 1.165) is 44.3 Å². The number of carboxylic acids is 2. The molecule has 2 aromatic rings. The first-order valence-electron chi connectivity index (χ1n) is 20.4. The third kappa shape index (κ3) is 9.91. The van der Waals surface area contributed by atoms with Gasteiger partial charge >= 0.3 is 23.9 Å². The van der Waals surface area contributed by atoms with E-state index in [2.05, 4.69) is 27.2 Å². The van der Waals surface area contributed by atoms with Gasteiger partial charge in [0.25, 0.3) is 0 Å². The molecule has 6 N–H and O–H groups in total. The van der Waals surface area contributed by atoms with Crippen LogP contribution in [0.2, 0.25) is 0 Å². The molecule has 322 valence electrons. The Labute approximate surface area is 350 Å². The second kappa shape index (κ2) is 17.4. The Morgan fingerprint density at radius 3 is 2.18 bits per heavy atom. The Bertz CT molecular complexity index is 2390. The number of nitrogens with zero attached hydrogens (tertiary/aromatic N) is 1. The molecule has 14 nitrogen and oxygen atoms in total. The SMILES string of the molecule is C=Cc1c2[nH]c(c1C)/C=C1\N/C(=C(/CC(=O)N[C@@H](CC(=O)OC(C)(C)C)C(=O)OC(C)(C)C)[C@H]3N=C(/C=c4\[nH]/c(c(C)c4CC)=C\2)C(C)=C3C(=O)O)[C@@H](CCC(=O)O)[C@@H]1C. The summed E-state index contributed by atoms with van der Waals surface area (Å²) >= 11 is 0. The number of fused-ring (bicyclic) bond motifs is 7. The Morgan fingerprint density at radius 1 is 0.933 bits per heavy atom. The molecule has 1 fully saturated rings. The van der Waals surface area contributed by atoms with E-state index in [1.54, 1.807) is 54.5 Å². The average molecular weight is 826 g/mol. The lowest BCUT2D eigenvalue weighted by atomic mass is 9.83. The number of hydrogen-bond acceptors (Lipinski definition) is 9. The van der Waals surface area contributed by atoms with Crippen molar-refractivity contribution in [2.45, 2.75) is 132 Å². The third-order valence-electron chi connectivity index (χ3n) is 11.1. The summed E-state index contributed by atoms with van der Waals surface area (Å²) in [6.45, 7) is 23.8. The minimum absolute atomic E-state index is 0.0460. The first-order chi connectivity index (χ1) is 27.9. The van der Waals surface area contributed by atoms with Gasteiger partial charge in [-0.25, -0.2) is 9.59 Å². The van der Waals surface area contributed by atoms with E-state index in [4.69, 9.17) is 14.5 Å². The molecule has 0 radical (unpaired) electrons. The number of carbonyl (C=O) groups excluding carboxylic acids is 3. The smallest absolute Gasteiger partial charge is 0.334 e. The van der Waals surface area contributed by atoms with Crippen molar-refractivity contribution in [1.29, 1.82) is 0 Å². The van der Waals surface area contributed by atoms with Gasteiger partial charge in [-0.1, -0.05) is 26.5 Å². The predicted molar refractivity (Wildman–Crippen MR) is 230 cm³/mol. The quantitative estimate of drug-likeness (QED) is 0.153. The van der Waals surface area contributed by atoms with Crippen molar-refractivity contribution in [3.05, 3.63) is 79.0 Å². The van der Waals surface area contributed by atoms with Gasteiger partial charge in [-0.15, -0.1) is 0 Å². The van der Waals surface area contributed by atoms with E-state index < -0.39 is 71.8 Å². The Kier molecular flexibility index (Phi) is 13.1. The number of esters is 2. The molecule has 5 heterocycles. The van der Waals surface area contributed by atoms with Gasteiger partial charge in [0.05, 0.1) is 24.1 Å². The number of carbonyl (C=O) groups is 5. The zero-order valence-electron chi connectivity index (χ0n) is 36.6. The van der Waals surface area contributed by atoms with Crippen LogP contribution in [-0.2, 0) is 39.9 Å². The second-order valence-corrected chi connectivity index (χ2v) is 17.8. The number of H-pyrrole nitrogens is 2. The van der Waals surface area contributed by atoms with Gasteiger partial charge in [-0.3, -0.25) is 19.4 Å². The number of aromatic amines is 2. The summed E-state index contributed by atoms with van der Waals surface area (Å²) in [6, 6.07) is -2.62. The maximum atomic E-state index is 14.4. The first kappa shape index (κ1) is 45.2. The molecule has 0 spiro atoms. The molecule has 0 aromatic carbocycles. The van der Waals surface area contributed by atoms with Crippen LogP contribution >= 0.6 is 0 Å². The topological polar surface area (TPSA) is 212 Å². The predicted octanol–water partition coefficient (Wildman–Crippen LogP) is 5.28. The molecule has 3 aliphatic heterocycles. The second-order valence-electron chi connectivity index (χ2n) is 17.8. The molecule has 60 heavy (non-hydrogen) atoms. The lowest BCUT2D eigenvalue weighted by Crippen LogP contribution is -2.46. The maximum Gasteiger partial charge on any atom is 0.334 e. The van der Waals surface area contributed by atoms with E-state index in [1.807, 2.05) is 45.9 Å². The van der Waals surface area contributed by atoms with Gasteiger partial charge in [0.15, 0.2) is 0 Å². The number of allylic oxidation sites excluding steroid dienone is 3. The molecule has 0 unspecified atom stereocenters. The first-order valence-corrected chi connectivity index (χ1v) is 20.4. The number of rotatable bonds is 12. The Morgan fingerprint density at radius 2 is 1.60 bits per heavy atom. The molecule has 3 aliphatic rings. The summed E-state index contributed by atoms with van der Waals surface area (Å²) in [7, 11) is 0. The zero-order chi connectivity index (χ0) is 44.6. The highest BCUT2D eigenvalue weighted by molar-refractivity contribution is 6.25. The summed E-state index contributed by atoms with van der Waals surface area (Å²) < 4.78 is 11.1. The number of amides is 1. The number of aliphatic carboxylic acids is 2. The maximum absolute atomic E-state index is 14.4. The Hall–Kier alpha value is -5.92. The molecule has 8 bridgehead atoms. The highest BCUT2D eigenvalue weighted by Crippen LogP contribution is 2.42. The molecular formula is C46H59N5O9. The largest absolute Gasteiger partial charge is 0.481 e. The van der Waals surface area contributed by atoms with Crippen LogP contribution in [0.1, 0.15) is 122 Å². The van der Waals surface area contributed by atoms with Gasteiger partial charge in [-0.05, 0) is 121 Å². The van der Waals surface area contributed by atoms with Crippen LogP contribution in [0.4, 0.5) is 0 Å². The van der Waals surface area contributed by atoms with Crippen LogP contribution in [-0.4, -0.2) is 79.0 Å². The van der Waals surface area contributed by atoms with E-state index >= 15 is 0 Å². The number of ether oxygens (including phenoxy) is 2. The standard InChI is InChI=1S/C46H59N5O9/c1-13-26-22(3)30-18-32-24(5)28(15-16-38(53)54)41(50-32)29(17-37(52)49-36(44(58)60-46(10,11)12)21-39(55)59-45(7,8)9)42-40(43(56)57)25(6)33(51-42)20-35-27(14-2)23(4)31(48-35)19-34(26)47-30/h13,18-20,24,28,36,42,47-48,50H,1,14-17,21H2,2-12H3,(H,49,52)(H,53,54)(H,56,57)/b31-19-,32-18-,35-20-,41-29-/t24-,28-,36-,42+/m0/s1. The fraction of sp³-hybridized carbons (Fsp3) is 0.478. The number of hydrogen-bond donors (Lipinski definition) is 6. The van der Waals surface area contributed by atoms with Gasteiger partial charge in [0.2, 0.25) is 5.91 Å².